The lowest BCUT2D eigenvalue weighted by atomic mass is 9.86. The van der Waals surface area contributed by atoms with E-state index in [1.54, 1.807) is 12.1 Å². The van der Waals surface area contributed by atoms with E-state index in [1.807, 2.05) is 30.3 Å². The lowest BCUT2D eigenvalue weighted by Crippen LogP contribution is -2.21. The maximum Gasteiger partial charge on any atom is 0.131 e. The lowest BCUT2D eigenvalue weighted by molar-refractivity contribution is 0.0450. The molecule has 19 heavy (non-hydrogen) atoms. The first-order valence-corrected chi connectivity index (χ1v) is 6.77. The maximum absolute atomic E-state index is 14.0. The first kappa shape index (κ1) is 12.4. The summed E-state index contributed by atoms with van der Waals surface area (Å²) in [4.78, 5) is 0. The fourth-order valence-electron chi connectivity index (χ4n) is 3.03. The van der Waals surface area contributed by atoms with Crippen molar-refractivity contribution in [1.82, 2.24) is 0 Å². The first-order valence-electron chi connectivity index (χ1n) is 6.77. The minimum atomic E-state index is -0.793. The molecule has 3 rings (SSSR count). The Hall–Kier alpha value is -1.67. The van der Waals surface area contributed by atoms with Crippen LogP contribution in [0.3, 0.4) is 0 Å². The average molecular weight is 256 g/mol. The van der Waals surface area contributed by atoms with Crippen molar-refractivity contribution in [3.63, 3.8) is 0 Å². The molecule has 0 amide bonds. The van der Waals surface area contributed by atoms with E-state index in [4.69, 9.17) is 0 Å². The van der Waals surface area contributed by atoms with E-state index >= 15 is 0 Å². The molecule has 0 radical (unpaired) electrons. The minimum absolute atomic E-state index is 0.239. The molecule has 1 N–H and O–H groups in total. The van der Waals surface area contributed by atoms with Crippen LogP contribution in [0.15, 0.2) is 48.5 Å². The van der Waals surface area contributed by atoms with Gasteiger partial charge < -0.3 is 5.11 Å². The fourth-order valence-corrected chi connectivity index (χ4v) is 3.03. The summed E-state index contributed by atoms with van der Waals surface area (Å²) in [5, 5.41) is 10.8. The Morgan fingerprint density at radius 3 is 2.11 bits per heavy atom. The van der Waals surface area contributed by atoms with Crippen LogP contribution in [-0.2, 0) is 5.60 Å². The van der Waals surface area contributed by atoms with Crippen molar-refractivity contribution in [3.8, 4) is 11.1 Å². The summed E-state index contributed by atoms with van der Waals surface area (Å²) in [6, 6.07) is 14.4. The molecule has 0 atom stereocenters. The van der Waals surface area contributed by atoms with Crippen LogP contribution < -0.4 is 0 Å². The molecule has 98 valence electrons. The van der Waals surface area contributed by atoms with Crippen LogP contribution in [0.1, 0.15) is 31.2 Å². The van der Waals surface area contributed by atoms with Crippen molar-refractivity contribution in [2.75, 3.05) is 0 Å². The van der Waals surface area contributed by atoms with Gasteiger partial charge in [0.15, 0.2) is 0 Å². The molecule has 1 aliphatic rings. The molecule has 0 bridgehead atoms. The fraction of sp³-hybridized carbons (Fsp3) is 0.294. The monoisotopic (exact) mass is 256 g/mol. The molecule has 1 fully saturated rings. The summed E-state index contributed by atoms with van der Waals surface area (Å²) in [6.07, 6.45) is 3.58. The van der Waals surface area contributed by atoms with Crippen LogP contribution in [-0.4, -0.2) is 5.11 Å². The van der Waals surface area contributed by atoms with Crippen molar-refractivity contribution in [1.29, 1.82) is 0 Å². The second-order valence-electron chi connectivity index (χ2n) is 5.26. The summed E-state index contributed by atoms with van der Waals surface area (Å²) < 4.78 is 14.0. The smallest absolute Gasteiger partial charge is 0.131 e. The third-order valence-corrected chi connectivity index (χ3v) is 4.02. The molecule has 0 aliphatic heterocycles. The molecular weight excluding hydrogens is 239 g/mol. The van der Waals surface area contributed by atoms with Crippen LogP contribution in [0.5, 0.6) is 0 Å². The van der Waals surface area contributed by atoms with Gasteiger partial charge in [0.1, 0.15) is 5.82 Å². The molecule has 1 saturated carbocycles. The van der Waals surface area contributed by atoms with Gasteiger partial charge >= 0.3 is 0 Å². The van der Waals surface area contributed by atoms with Crippen LogP contribution in [0, 0.1) is 5.82 Å². The second-order valence-corrected chi connectivity index (χ2v) is 5.26. The molecule has 2 aromatic carbocycles. The number of benzene rings is 2. The van der Waals surface area contributed by atoms with E-state index in [1.165, 1.54) is 6.07 Å². The standard InChI is InChI=1S/C17H17FO/c18-16-10-4-2-8-14(16)13-7-1-3-9-15(13)17(19)11-5-6-12-17/h1-4,7-10,19H,5-6,11-12H2. The van der Waals surface area contributed by atoms with Gasteiger partial charge in [-0.25, -0.2) is 4.39 Å². The summed E-state index contributed by atoms with van der Waals surface area (Å²) in [6.45, 7) is 0. The number of halogens is 1. The highest BCUT2D eigenvalue weighted by Crippen LogP contribution is 2.42. The van der Waals surface area contributed by atoms with Crippen molar-refractivity contribution in [2.45, 2.75) is 31.3 Å². The van der Waals surface area contributed by atoms with E-state index in [-0.39, 0.29) is 5.82 Å². The zero-order valence-corrected chi connectivity index (χ0v) is 10.8. The topological polar surface area (TPSA) is 20.2 Å². The van der Waals surface area contributed by atoms with Gasteiger partial charge in [0.05, 0.1) is 5.60 Å². The normalized spacial score (nSPS) is 17.6. The first-order chi connectivity index (χ1) is 9.21. The quantitative estimate of drug-likeness (QED) is 0.851. The zero-order valence-electron chi connectivity index (χ0n) is 10.8. The summed E-state index contributed by atoms with van der Waals surface area (Å²) in [5.41, 5.74) is 1.44. The Balaban J connectivity index is 2.15. The summed E-state index contributed by atoms with van der Waals surface area (Å²) in [5.74, 6) is -0.239. The van der Waals surface area contributed by atoms with Crippen LogP contribution in [0.4, 0.5) is 4.39 Å². The molecule has 0 unspecified atom stereocenters. The number of aliphatic hydroxyl groups is 1. The SMILES string of the molecule is OC1(c2ccccc2-c2ccccc2F)CCCC1. The third kappa shape index (κ3) is 2.17. The van der Waals surface area contributed by atoms with Gasteiger partial charge in [-0.3, -0.25) is 0 Å². The van der Waals surface area contributed by atoms with Gasteiger partial charge in [0.25, 0.3) is 0 Å². The van der Waals surface area contributed by atoms with Crippen LogP contribution in [0.25, 0.3) is 11.1 Å². The van der Waals surface area contributed by atoms with E-state index in [9.17, 15) is 9.50 Å². The number of rotatable bonds is 2. The van der Waals surface area contributed by atoms with Gasteiger partial charge in [-0.1, -0.05) is 55.3 Å². The largest absolute Gasteiger partial charge is 0.385 e. The van der Waals surface area contributed by atoms with Crippen LogP contribution in [0.2, 0.25) is 0 Å². The Morgan fingerprint density at radius 1 is 0.842 bits per heavy atom. The summed E-state index contributed by atoms with van der Waals surface area (Å²) in [7, 11) is 0. The van der Waals surface area contributed by atoms with Gasteiger partial charge in [0, 0.05) is 5.56 Å². The second kappa shape index (κ2) is 4.78. The van der Waals surface area contributed by atoms with E-state index < -0.39 is 5.60 Å². The highest BCUT2D eigenvalue weighted by Gasteiger charge is 2.35. The van der Waals surface area contributed by atoms with Crippen molar-refractivity contribution in [2.24, 2.45) is 0 Å². The van der Waals surface area contributed by atoms with E-state index in [0.717, 1.165) is 36.8 Å². The maximum atomic E-state index is 14.0. The molecule has 0 saturated heterocycles. The predicted octanol–water partition coefficient (Wildman–Crippen LogP) is 4.25. The van der Waals surface area contributed by atoms with Gasteiger partial charge in [-0.2, -0.15) is 0 Å². The van der Waals surface area contributed by atoms with E-state index in [0.29, 0.717) is 5.56 Å². The van der Waals surface area contributed by atoms with Crippen molar-refractivity contribution < 1.29 is 9.50 Å². The molecule has 2 aromatic rings. The zero-order chi connectivity index (χ0) is 13.3. The third-order valence-electron chi connectivity index (χ3n) is 4.02. The van der Waals surface area contributed by atoms with Gasteiger partial charge in [-0.15, -0.1) is 0 Å². The average Bonchev–Trinajstić information content (AvgIpc) is 2.88. The summed E-state index contributed by atoms with van der Waals surface area (Å²) >= 11 is 0. The highest BCUT2D eigenvalue weighted by molar-refractivity contribution is 5.69. The molecule has 2 heteroatoms. The Bertz CT molecular complexity index is 585. The molecule has 1 nitrogen and oxygen atoms in total. The van der Waals surface area contributed by atoms with Crippen LogP contribution >= 0.6 is 0 Å². The van der Waals surface area contributed by atoms with E-state index in [2.05, 4.69) is 0 Å². The Morgan fingerprint density at radius 2 is 1.42 bits per heavy atom. The molecule has 0 spiro atoms. The molecular formula is C17H17FO. The van der Waals surface area contributed by atoms with Crippen molar-refractivity contribution in [3.05, 3.63) is 59.9 Å². The predicted molar refractivity (Wildman–Crippen MR) is 74.2 cm³/mol. The molecule has 0 heterocycles. The molecule has 0 aromatic heterocycles. The minimum Gasteiger partial charge on any atom is -0.385 e. The van der Waals surface area contributed by atoms with Gasteiger partial charge in [0.2, 0.25) is 0 Å². The Labute approximate surface area is 112 Å². The van der Waals surface area contributed by atoms with Crippen molar-refractivity contribution >= 4 is 0 Å². The Kier molecular flexibility index (Phi) is 3.11. The molecule has 1 aliphatic carbocycles. The lowest BCUT2D eigenvalue weighted by Gasteiger charge is -2.26. The van der Waals surface area contributed by atoms with Gasteiger partial charge in [-0.05, 0) is 30.0 Å². The highest BCUT2D eigenvalue weighted by atomic mass is 19.1. The number of hydrogen-bond donors (Lipinski definition) is 1. The number of hydrogen-bond acceptors (Lipinski definition) is 1.